The predicted molar refractivity (Wildman–Crippen MR) is 98.4 cm³/mol. The van der Waals surface area contributed by atoms with Crippen LogP contribution in [0.3, 0.4) is 0 Å². The number of carbonyl (C=O) groups is 2. The summed E-state index contributed by atoms with van der Waals surface area (Å²) in [5.41, 5.74) is 1.87. The van der Waals surface area contributed by atoms with E-state index < -0.39 is 23.9 Å². The number of nitrogens with zero attached hydrogens (tertiary/aromatic N) is 2. The molecule has 0 spiro atoms. The lowest BCUT2D eigenvalue weighted by molar-refractivity contribution is -0.145. The van der Waals surface area contributed by atoms with E-state index >= 15 is 0 Å². The van der Waals surface area contributed by atoms with Crippen LogP contribution < -0.4 is 4.74 Å². The monoisotopic (exact) mass is 383 g/mol. The second-order valence-electron chi connectivity index (χ2n) is 6.54. The maximum absolute atomic E-state index is 13.9. The molecule has 2 unspecified atom stereocenters. The van der Waals surface area contributed by atoms with Crippen LogP contribution in [0.25, 0.3) is 11.0 Å². The van der Waals surface area contributed by atoms with E-state index in [9.17, 15) is 14.0 Å². The molecule has 1 fully saturated rings. The van der Waals surface area contributed by atoms with Crippen LogP contribution in [0.5, 0.6) is 5.75 Å². The number of amides is 1. The molecule has 0 saturated carbocycles. The molecule has 2 heterocycles. The van der Waals surface area contributed by atoms with Gasteiger partial charge in [-0.1, -0.05) is 12.1 Å². The zero-order valence-electron chi connectivity index (χ0n) is 15.1. The molecule has 8 heteroatoms. The van der Waals surface area contributed by atoms with Crippen molar-refractivity contribution < 1.29 is 23.5 Å². The fraction of sp³-hybridized carbons (Fsp3) is 0.250. The van der Waals surface area contributed by atoms with Gasteiger partial charge in [0.05, 0.1) is 31.0 Å². The topological polar surface area (TPSA) is 84.5 Å². The smallest absolute Gasteiger partial charge is 0.328 e. The lowest BCUT2D eigenvalue weighted by atomic mass is 10.1. The van der Waals surface area contributed by atoms with Crippen LogP contribution in [-0.4, -0.2) is 52.5 Å². The molecule has 1 saturated heterocycles. The second-order valence-corrected chi connectivity index (χ2v) is 6.54. The van der Waals surface area contributed by atoms with E-state index in [-0.39, 0.29) is 24.6 Å². The first-order valence-corrected chi connectivity index (χ1v) is 8.80. The Balaban J connectivity index is 1.58. The van der Waals surface area contributed by atoms with Crippen LogP contribution in [0.1, 0.15) is 16.8 Å². The minimum atomic E-state index is -0.799. The molecule has 0 bridgehead atoms. The number of para-hydroxylation sites is 1. The SMILES string of the molecule is COC(=O)C1CC(Oc2ccccc2F)CN1C(=O)c1ccc2nc[nH]c2c1. The first kappa shape index (κ1) is 18.0. The number of imidazole rings is 1. The molecule has 1 aliphatic rings. The summed E-state index contributed by atoms with van der Waals surface area (Å²) in [6.45, 7) is 0.147. The van der Waals surface area contributed by atoms with Crippen LogP contribution in [0.15, 0.2) is 48.8 Å². The molecule has 0 radical (unpaired) electrons. The number of aromatic nitrogens is 2. The summed E-state index contributed by atoms with van der Waals surface area (Å²) in [7, 11) is 1.27. The summed E-state index contributed by atoms with van der Waals surface area (Å²) in [5, 5.41) is 0. The van der Waals surface area contributed by atoms with Crippen molar-refractivity contribution in [3.05, 3.63) is 60.2 Å². The van der Waals surface area contributed by atoms with Crippen molar-refractivity contribution in [2.75, 3.05) is 13.7 Å². The standard InChI is InChI=1S/C20H18FN3O4/c1-27-20(26)17-9-13(28-18-5-3-2-4-14(18)21)10-24(17)19(25)12-6-7-15-16(8-12)23-11-22-15/h2-8,11,13,17H,9-10H2,1H3,(H,22,23). The fourth-order valence-corrected chi connectivity index (χ4v) is 3.42. The third-order valence-corrected chi connectivity index (χ3v) is 4.79. The number of nitrogens with one attached hydrogen (secondary N) is 1. The molecule has 2 atom stereocenters. The lowest BCUT2D eigenvalue weighted by Crippen LogP contribution is -2.41. The number of benzene rings is 2. The average Bonchev–Trinajstić information content (AvgIpc) is 3.35. The van der Waals surface area contributed by atoms with Crippen molar-refractivity contribution in [1.29, 1.82) is 0 Å². The van der Waals surface area contributed by atoms with E-state index in [0.29, 0.717) is 5.56 Å². The number of likely N-dealkylation sites (tertiary alicyclic amines) is 1. The zero-order valence-corrected chi connectivity index (χ0v) is 15.1. The number of carbonyl (C=O) groups excluding carboxylic acids is 2. The Kier molecular flexibility index (Phi) is 4.68. The van der Waals surface area contributed by atoms with Gasteiger partial charge in [0.25, 0.3) is 5.91 Å². The summed E-state index contributed by atoms with van der Waals surface area (Å²) in [4.78, 5) is 33.8. The highest BCUT2D eigenvalue weighted by molar-refractivity contribution is 5.99. The van der Waals surface area contributed by atoms with Gasteiger partial charge >= 0.3 is 5.97 Å². The number of halogens is 1. The largest absolute Gasteiger partial charge is 0.485 e. The fourth-order valence-electron chi connectivity index (χ4n) is 3.42. The number of rotatable bonds is 4. The van der Waals surface area contributed by atoms with E-state index in [1.54, 1.807) is 36.7 Å². The minimum absolute atomic E-state index is 0.0873. The second kappa shape index (κ2) is 7.30. The van der Waals surface area contributed by atoms with Gasteiger partial charge in [0.1, 0.15) is 12.1 Å². The quantitative estimate of drug-likeness (QED) is 0.700. The number of aromatic amines is 1. The lowest BCUT2D eigenvalue weighted by Gasteiger charge is -2.22. The van der Waals surface area contributed by atoms with Gasteiger partial charge in [-0.15, -0.1) is 0 Å². The van der Waals surface area contributed by atoms with E-state index in [1.807, 2.05) is 0 Å². The maximum Gasteiger partial charge on any atom is 0.328 e. The molecule has 3 aromatic rings. The molecule has 0 aliphatic carbocycles. The summed E-state index contributed by atoms with van der Waals surface area (Å²) in [5.74, 6) is -1.27. The van der Waals surface area contributed by atoms with Gasteiger partial charge in [0, 0.05) is 12.0 Å². The third kappa shape index (κ3) is 3.28. The highest BCUT2D eigenvalue weighted by Crippen LogP contribution is 2.27. The van der Waals surface area contributed by atoms with Crippen LogP contribution in [0.2, 0.25) is 0 Å². The zero-order chi connectivity index (χ0) is 19.7. The van der Waals surface area contributed by atoms with Crippen LogP contribution in [-0.2, 0) is 9.53 Å². The Morgan fingerprint density at radius 3 is 2.86 bits per heavy atom. The molecular formula is C20H18FN3O4. The summed E-state index contributed by atoms with van der Waals surface area (Å²) in [6, 6.07) is 10.3. The number of fused-ring (bicyclic) bond motifs is 1. The average molecular weight is 383 g/mol. The summed E-state index contributed by atoms with van der Waals surface area (Å²) in [6.07, 6.45) is 1.24. The molecule has 144 valence electrons. The van der Waals surface area contributed by atoms with Gasteiger partial charge in [-0.25, -0.2) is 14.2 Å². The van der Waals surface area contributed by atoms with Gasteiger partial charge in [0.2, 0.25) is 0 Å². The molecule has 7 nitrogen and oxygen atoms in total. The minimum Gasteiger partial charge on any atom is -0.485 e. The van der Waals surface area contributed by atoms with Crippen molar-refractivity contribution in [2.24, 2.45) is 0 Å². The van der Waals surface area contributed by atoms with Gasteiger partial charge in [-0.3, -0.25) is 4.79 Å². The van der Waals surface area contributed by atoms with Crippen molar-refractivity contribution in [3.63, 3.8) is 0 Å². The molecule has 4 rings (SSSR count). The molecular weight excluding hydrogens is 365 g/mol. The Morgan fingerprint density at radius 2 is 2.07 bits per heavy atom. The van der Waals surface area contributed by atoms with Crippen molar-refractivity contribution >= 4 is 22.9 Å². The van der Waals surface area contributed by atoms with Crippen molar-refractivity contribution in [1.82, 2.24) is 14.9 Å². The third-order valence-electron chi connectivity index (χ3n) is 4.79. The molecule has 1 amide bonds. The Hall–Kier alpha value is -3.42. The number of hydrogen-bond donors (Lipinski definition) is 1. The summed E-state index contributed by atoms with van der Waals surface area (Å²) >= 11 is 0. The molecule has 2 aromatic carbocycles. The van der Waals surface area contributed by atoms with E-state index in [0.717, 1.165) is 11.0 Å². The van der Waals surface area contributed by atoms with Crippen molar-refractivity contribution in [2.45, 2.75) is 18.6 Å². The van der Waals surface area contributed by atoms with Crippen LogP contribution in [0, 0.1) is 5.82 Å². The summed E-state index contributed by atoms with van der Waals surface area (Å²) < 4.78 is 24.5. The molecule has 1 aliphatic heterocycles. The molecule has 1 aromatic heterocycles. The Morgan fingerprint density at radius 1 is 1.25 bits per heavy atom. The van der Waals surface area contributed by atoms with Crippen molar-refractivity contribution in [3.8, 4) is 5.75 Å². The van der Waals surface area contributed by atoms with E-state index in [1.165, 1.54) is 24.1 Å². The molecule has 1 N–H and O–H groups in total. The molecule has 28 heavy (non-hydrogen) atoms. The number of ether oxygens (including phenoxy) is 2. The maximum atomic E-state index is 13.9. The van der Waals surface area contributed by atoms with Gasteiger partial charge < -0.3 is 19.4 Å². The first-order chi connectivity index (χ1) is 13.6. The normalized spacial score (nSPS) is 19.0. The van der Waals surface area contributed by atoms with E-state index in [2.05, 4.69) is 9.97 Å². The number of hydrogen-bond acceptors (Lipinski definition) is 5. The van der Waals surface area contributed by atoms with Crippen LogP contribution >= 0.6 is 0 Å². The van der Waals surface area contributed by atoms with E-state index in [4.69, 9.17) is 9.47 Å². The van der Waals surface area contributed by atoms with Gasteiger partial charge in [-0.05, 0) is 30.3 Å². The Bertz CT molecular complexity index is 1030. The predicted octanol–water partition coefficient (Wildman–Crippen LogP) is 2.54. The number of esters is 1. The van der Waals surface area contributed by atoms with Crippen LogP contribution in [0.4, 0.5) is 4.39 Å². The highest BCUT2D eigenvalue weighted by atomic mass is 19.1. The number of H-pyrrole nitrogens is 1. The van der Waals surface area contributed by atoms with Gasteiger partial charge in [-0.2, -0.15) is 0 Å². The Labute approximate surface area is 160 Å². The van der Waals surface area contributed by atoms with Gasteiger partial charge in [0.15, 0.2) is 11.6 Å². The number of methoxy groups -OCH3 is 1. The highest BCUT2D eigenvalue weighted by Gasteiger charge is 2.42. The first-order valence-electron chi connectivity index (χ1n) is 8.80.